The van der Waals surface area contributed by atoms with Gasteiger partial charge in [-0.1, -0.05) is 30.3 Å². The molecule has 4 rings (SSSR count). The van der Waals surface area contributed by atoms with Gasteiger partial charge in [-0.3, -0.25) is 14.7 Å². The Morgan fingerprint density at radius 2 is 1.90 bits per heavy atom. The molecule has 1 aromatic carbocycles. The summed E-state index contributed by atoms with van der Waals surface area (Å²) in [6.45, 7) is 1.95. The summed E-state index contributed by atoms with van der Waals surface area (Å²) in [5.41, 5.74) is 3.50. The highest BCUT2D eigenvalue weighted by atomic mass is 16.3. The predicted molar refractivity (Wildman–Crippen MR) is 118 cm³/mol. The average molecular weight is 425 g/mol. The van der Waals surface area contributed by atoms with Crippen molar-refractivity contribution in [2.24, 2.45) is 0 Å². The Bertz CT molecular complexity index is 926. The number of aliphatic hydroxyl groups excluding tert-OH is 1. The molecule has 166 valence electrons. The number of hydrogen-bond acceptors (Lipinski definition) is 4. The van der Waals surface area contributed by atoms with Crippen LogP contribution < -0.4 is 10.6 Å². The summed E-state index contributed by atoms with van der Waals surface area (Å²) in [6.07, 6.45) is 6.18. The monoisotopic (exact) mass is 424 g/mol. The van der Waals surface area contributed by atoms with Gasteiger partial charge in [0.25, 0.3) is 5.91 Å². The molecule has 0 aliphatic heterocycles. The third kappa shape index (κ3) is 4.66. The number of carbonyl (C=O) groups excluding carboxylic acids is 2. The van der Waals surface area contributed by atoms with Crippen molar-refractivity contribution in [2.45, 2.75) is 75.9 Å². The van der Waals surface area contributed by atoms with Gasteiger partial charge in [0, 0.05) is 30.1 Å². The minimum absolute atomic E-state index is 0.132. The lowest BCUT2D eigenvalue weighted by molar-refractivity contribution is -0.120. The molecule has 1 aromatic heterocycles. The number of aryl methyl sites for hydroxylation is 1. The van der Waals surface area contributed by atoms with E-state index in [1.165, 1.54) is 6.92 Å². The number of aromatic nitrogens is 2. The van der Waals surface area contributed by atoms with Crippen LogP contribution in [0.5, 0.6) is 0 Å². The van der Waals surface area contributed by atoms with Crippen molar-refractivity contribution in [2.75, 3.05) is 6.54 Å². The zero-order chi connectivity index (χ0) is 21.8. The van der Waals surface area contributed by atoms with Crippen molar-refractivity contribution in [3.05, 3.63) is 52.8 Å². The molecule has 4 N–H and O–H groups in total. The predicted octanol–water partition coefficient (Wildman–Crippen LogP) is 2.40. The lowest BCUT2D eigenvalue weighted by Crippen LogP contribution is -2.42. The van der Waals surface area contributed by atoms with Gasteiger partial charge in [0.15, 0.2) is 5.69 Å². The van der Waals surface area contributed by atoms with Gasteiger partial charge in [-0.25, -0.2) is 0 Å². The molecule has 1 saturated carbocycles. The number of hydrogen-bond donors (Lipinski definition) is 4. The summed E-state index contributed by atoms with van der Waals surface area (Å²) >= 11 is 0. The van der Waals surface area contributed by atoms with Crippen LogP contribution in [0, 0.1) is 0 Å². The maximum Gasteiger partial charge on any atom is 0.272 e. The van der Waals surface area contributed by atoms with Crippen molar-refractivity contribution in [3.8, 4) is 0 Å². The highest BCUT2D eigenvalue weighted by Crippen LogP contribution is 2.38. The molecule has 7 heteroatoms. The standard InChI is InChI=1S/C24H32N4O3/c1-16(29)26-20-11-13-24(14-12-21(20)30,17-7-3-2-4-8-17)15-25-23(31)22-18-9-5-6-10-19(18)27-28-22/h2-4,7-8,20-21,30H,5-6,9-15H2,1H3,(H,25,31)(H,26,29)(H,27,28)/t20-,21-,24-/m0/s1. The third-order valence-corrected chi connectivity index (χ3v) is 6.95. The van der Waals surface area contributed by atoms with Gasteiger partial charge in [0.2, 0.25) is 5.91 Å². The van der Waals surface area contributed by atoms with Crippen LogP contribution in [0.1, 0.15) is 72.8 Å². The number of H-pyrrole nitrogens is 1. The Balaban J connectivity index is 1.54. The molecule has 3 atom stereocenters. The number of nitrogens with one attached hydrogen (secondary N) is 3. The van der Waals surface area contributed by atoms with Gasteiger partial charge in [0.1, 0.15) is 0 Å². The SMILES string of the molecule is CC(=O)N[C@H]1CC[C@](CNC(=O)c2n[nH]c3c2CCCC3)(c2ccccc2)CC[C@@H]1O. The molecule has 2 aliphatic rings. The van der Waals surface area contributed by atoms with Crippen molar-refractivity contribution in [1.29, 1.82) is 0 Å². The normalized spacial score (nSPS) is 25.9. The molecule has 1 fully saturated rings. The van der Waals surface area contributed by atoms with Crippen LogP contribution in [-0.4, -0.2) is 45.8 Å². The Hall–Kier alpha value is -2.67. The average Bonchev–Trinajstić information content (AvgIpc) is 3.15. The zero-order valence-electron chi connectivity index (χ0n) is 18.1. The number of rotatable bonds is 5. The number of aliphatic hydroxyl groups is 1. The lowest BCUT2D eigenvalue weighted by atomic mass is 9.74. The lowest BCUT2D eigenvalue weighted by Gasteiger charge is -2.34. The van der Waals surface area contributed by atoms with Gasteiger partial charge >= 0.3 is 0 Å². The summed E-state index contributed by atoms with van der Waals surface area (Å²) in [5.74, 6) is -0.272. The molecule has 2 aromatic rings. The Labute approximate surface area is 183 Å². The van der Waals surface area contributed by atoms with Crippen LogP contribution in [0.15, 0.2) is 30.3 Å². The van der Waals surface area contributed by atoms with E-state index in [2.05, 4.69) is 33.0 Å². The number of amides is 2. The maximum atomic E-state index is 13.1. The number of fused-ring (bicyclic) bond motifs is 1. The van der Waals surface area contributed by atoms with Crippen LogP contribution in [0.4, 0.5) is 0 Å². The first-order valence-corrected chi connectivity index (χ1v) is 11.3. The van der Waals surface area contributed by atoms with Gasteiger partial charge in [-0.05, 0) is 56.9 Å². The summed E-state index contributed by atoms with van der Waals surface area (Å²) < 4.78 is 0. The fourth-order valence-electron chi connectivity index (χ4n) is 5.17. The van der Waals surface area contributed by atoms with Crippen LogP contribution in [-0.2, 0) is 23.1 Å². The minimum Gasteiger partial charge on any atom is -0.391 e. The van der Waals surface area contributed by atoms with Crippen LogP contribution >= 0.6 is 0 Å². The second-order valence-electron chi connectivity index (χ2n) is 9.02. The summed E-state index contributed by atoms with van der Waals surface area (Å²) in [7, 11) is 0. The number of nitrogens with zero attached hydrogens (tertiary/aromatic N) is 1. The van der Waals surface area contributed by atoms with Crippen molar-refractivity contribution < 1.29 is 14.7 Å². The van der Waals surface area contributed by atoms with E-state index in [0.29, 0.717) is 25.1 Å². The molecular formula is C24H32N4O3. The number of aromatic amines is 1. The van der Waals surface area contributed by atoms with E-state index < -0.39 is 6.10 Å². The highest BCUT2D eigenvalue weighted by Gasteiger charge is 2.38. The Morgan fingerprint density at radius 1 is 1.16 bits per heavy atom. The molecule has 2 amide bonds. The second-order valence-corrected chi connectivity index (χ2v) is 9.02. The van der Waals surface area contributed by atoms with Crippen LogP contribution in [0.25, 0.3) is 0 Å². The maximum absolute atomic E-state index is 13.1. The molecule has 1 heterocycles. The largest absolute Gasteiger partial charge is 0.391 e. The van der Waals surface area contributed by atoms with E-state index in [0.717, 1.165) is 55.3 Å². The van der Waals surface area contributed by atoms with E-state index in [-0.39, 0.29) is 23.3 Å². The Morgan fingerprint density at radius 3 is 2.68 bits per heavy atom. The summed E-state index contributed by atoms with van der Waals surface area (Å²) in [5, 5.41) is 24.0. The molecule has 31 heavy (non-hydrogen) atoms. The minimum atomic E-state index is -0.594. The van der Waals surface area contributed by atoms with E-state index in [9.17, 15) is 14.7 Å². The van der Waals surface area contributed by atoms with Crippen molar-refractivity contribution in [1.82, 2.24) is 20.8 Å². The highest BCUT2D eigenvalue weighted by molar-refractivity contribution is 5.94. The topological polar surface area (TPSA) is 107 Å². The first kappa shape index (κ1) is 21.6. The fraction of sp³-hybridized carbons (Fsp3) is 0.542. The molecule has 0 bridgehead atoms. The molecule has 0 radical (unpaired) electrons. The zero-order valence-corrected chi connectivity index (χ0v) is 18.1. The molecule has 0 saturated heterocycles. The first-order chi connectivity index (χ1) is 15.0. The van der Waals surface area contributed by atoms with Crippen molar-refractivity contribution in [3.63, 3.8) is 0 Å². The van der Waals surface area contributed by atoms with Crippen LogP contribution in [0.2, 0.25) is 0 Å². The smallest absolute Gasteiger partial charge is 0.272 e. The fourth-order valence-corrected chi connectivity index (χ4v) is 5.17. The van der Waals surface area contributed by atoms with E-state index in [1.54, 1.807) is 0 Å². The van der Waals surface area contributed by atoms with E-state index in [1.807, 2.05) is 18.2 Å². The van der Waals surface area contributed by atoms with E-state index in [4.69, 9.17) is 0 Å². The van der Waals surface area contributed by atoms with Gasteiger partial charge in [0.05, 0.1) is 12.1 Å². The first-order valence-electron chi connectivity index (χ1n) is 11.3. The molecule has 0 unspecified atom stereocenters. The van der Waals surface area contributed by atoms with E-state index >= 15 is 0 Å². The quantitative estimate of drug-likeness (QED) is 0.553. The summed E-state index contributed by atoms with van der Waals surface area (Å²) in [4.78, 5) is 24.6. The van der Waals surface area contributed by atoms with Crippen molar-refractivity contribution >= 4 is 11.8 Å². The molecule has 2 aliphatic carbocycles. The molecule has 7 nitrogen and oxygen atoms in total. The second kappa shape index (κ2) is 9.22. The Kier molecular flexibility index (Phi) is 6.41. The molecule has 0 spiro atoms. The van der Waals surface area contributed by atoms with Crippen LogP contribution in [0.3, 0.4) is 0 Å². The molecular weight excluding hydrogens is 392 g/mol. The van der Waals surface area contributed by atoms with Gasteiger partial charge in [-0.2, -0.15) is 5.10 Å². The number of benzene rings is 1. The van der Waals surface area contributed by atoms with Gasteiger partial charge in [-0.15, -0.1) is 0 Å². The third-order valence-electron chi connectivity index (χ3n) is 6.95. The van der Waals surface area contributed by atoms with Gasteiger partial charge < -0.3 is 15.7 Å². The number of carbonyl (C=O) groups is 2. The summed E-state index contributed by atoms with van der Waals surface area (Å²) in [6, 6.07) is 9.92.